The molecule has 0 saturated carbocycles. The number of morpholine rings is 1. The Morgan fingerprint density at radius 3 is 2.56 bits per heavy atom. The highest BCUT2D eigenvalue weighted by Gasteiger charge is 2.46. The van der Waals surface area contributed by atoms with Crippen molar-refractivity contribution in [3.05, 3.63) is 57.9 Å². The maximum absolute atomic E-state index is 13.4. The molecule has 1 atom stereocenters. The van der Waals surface area contributed by atoms with Gasteiger partial charge in [-0.05, 0) is 37.1 Å². The maximum Gasteiger partial charge on any atom is 0.354 e. The number of aliphatic hydroxyl groups is 1. The summed E-state index contributed by atoms with van der Waals surface area (Å²) < 4.78 is 15.6. The molecule has 2 N–H and O–H groups in total. The van der Waals surface area contributed by atoms with Crippen molar-refractivity contribution in [3.63, 3.8) is 0 Å². The second kappa shape index (κ2) is 10.5. The van der Waals surface area contributed by atoms with Gasteiger partial charge < -0.3 is 29.2 Å². The third kappa shape index (κ3) is 4.61. The molecular formula is C26H31N3O7. The lowest BCUT2D eigenvalue weighted by Gasteiger charge is -2.31. The van der Waals surface area contributed by atoms with Crippen molar-refractivity contribution in [2.24, 2.45) is 0 Å². The fourth-order valence-electron chi connectivity index (χ4n) is 4.89. The number of benzene rings is 1. The molecule has 1 amide bonds. The van der Waals surface area contributed by atoms with Crippen LogP contribution in [-0.4, -0.2) is 91.2 Å². The maximum atomic E-state index is 13.4. The van der Waals surface area contributed by atoms with E-state index in [1.54, 1.807) is 38.1 Å². The molecule has 2 aliphatic rings. The van der Waals surface area contributed by atoms with Gasteiger partial charge in [0.1, 0.15) is 17.2 Å². The molecule has 2 aliphatic heterocycles. The van der Waals surface area contributed by atoms with Gasteiger partial charge >= 0.3 is 5.97 Å². The average molecular weight is 498 g/mol. The molecule has 36 heavy (non-hydrogen) atoms. The smallest absolute Gasteiger partial charge is 0.354 e. The first-order valence-corrected chi connectivity index (χ1v) is 11.8. The van der Waals surface area contributed by atoms with Crippen LogP contribution in [-0.2, 0) is 19.1 Å². The van der Waals surface area contributed by atoms with E-state index in [1.165, 1.54) is 19.1 Å². The van der Waals surface area contributed by atoms with E-state index in [4.69, 9.17) is 14.2 Å². The number of aromatic amines is 1. The number of H-pyrrole nitrogens is 1. The number of likely N-dealkylation sites (tertiary alicyclic amines) is 1. The predicted octanol–water partition coefficient (Wildman–Crippen LogP) is 2.18. The summed E-state index contributed by atoms with van der Waals surface area (Å²) in [5.74, 6) is -1.83. The van der Waals surface area contributed by atoms with Gasteiger partial charge in [-0.3, -0.25) is 14.5 Å². The number of nitrogens with zero attached hydrogens (tertiary/aromatic N) is 2. The highest BCUT2D eigenvalue weighted by molar-refractivity contribution is 6.46. The summed E-state index contributed by atoms with van der Waals surface area (Å²) in [4.78, 5) is 45.4. The van der Waals surface area contributed by atoms with E-state index in [0.717, 1.165) is 13.1 Å². The molecule has 2 fully saturated rings. The molecule has 10 nitrogen and oxygen atoms in total. The Balaban J connectivity index is 1.81. The molecule has 0 radical (unpaired) electrons. The van der Waals surface area contributed by atoms with Crippen LogP contribution in [0, 0.1) is 13.8 Å². The van der Waals surface area contributed by atoms with Gasteiger partial charge in [0.05, 0.1) is 39.0 Å². The van der Waals surface area contributed by atoms with Gasteiger partial charge in [-0.15, -0.1) is 0 Å². The van der Waals surface area contributed by atoms with Crippen LogP contribution in [0.3, 0.4) is 0 Å². The zero-order valence-corrected chi connectivity index (χ0v) is 20.9. The molecule has 192 valence electrons. The number of esters is 1. The number of aromatic nitrogens is 1. The first-order valence-electron chi connectivity index (χ1n) is 11.8. The van der Waals surface area contributed by atoms with E-state index in [0.29, 0.717) is 54.4 Å². The van der Waals surface area contributed by atoms with E-state index in [9.17, 15) is 19.5 Å². The van der Waals surface area contributed by atoms with Crippen LogP contribution in [0.1, 0.15) is 38.9 Å². The van der Waals surface area contributed by atoms with Gasteiger partial charge in [-0.1, -0.05) is 12.1 Å². The number of hydrogen-bond acceptors (Lipinski definition) is 8. The zero-order chi connectivity index (χ0) is 26.0. The molecule has 4 rings (SSSR count). The molecule has 10 heteroatoms. The Morgan fingerprint density at radius 2 is 1.89 bits per heavy atom. The van der Waals surface area contributed by atoms with Gasteiger partial charge in [0.25, 0.3) is 11.7 Å². The number of nitrogens with one attached hydrogen (secondary N) is 1. The fourth-order valence-corrected chi connectivity index (χ4v) is 4.89. The highest BCUT2D eigenvalue weighted by atomic mass is 16.5. The quantitative estimate of drug-likeness (QED) is 0.258. The number of methoxy groups -OCH3 is 2. The van der Waals surface area contributed by atoms with Gasteiger partial charge in [-0.2, -0.15) is 0 Å². The van der Waals surface area contributed by atoms with Crippen LogP contribution in [0.2, 0.25) is 0 Å². The molecule has 1 aromatic heterocycles. The minimum absolute atomic E-state index is 0.0307. The fraction of sp³-hybridized carbons (Fsp3) is 0.423. The number of aliphatic hydroxyl groups excluding tert-OH is 1. The summed E-state index contributed by atoms with van der Waals surface area (Å²) in [5.41, 5.74) is 1.99. The Labute approximate surface area is 209 Å². The molecule has 0 spiro atoms. The van der Waals surface area contributed by atoms with Crippen LogP contribution >= 0.6 is 0 Å². The SMILES string of the molecule is COC(=O)c1[nH]c(C)c(/C(O)=C2/C(=O)C(=O)N(CCN3CCOCC3)C2c2cccc(OC)c2)c1C. The van der Waals surface area contributed by atoms with Gasteiger partial charge in [0.2, 0.25) is 0 Å². The summed E-state index contributed by atoms with van der Waals surface area (Å²) in [6, 6.07) is 6.27. The summed E-state index contributed by atoms with van der Waals surface area (Å²) in [6.45, 7) is 6.91. The van der Waals surface area contributed by atoms with Crippen molar-refractivity contribution >= 4 is 23.4 Å². The number of rotatable bonds is 7. The number of aryl methyl sites for hydroxylation is 1. The lowest BCUT2D eigenvalue weighted by atomic mass is 9.94. The molecule has 1 aromatic carbocycles. The van der Waals surface area contributed by atoms with Crippen LogP contribution in [0.25, 0.3) is 5.76 Å². The molecular weight excluding hydrogens is 466 g/mol. The van der Waals surface area contributed by atoms with E-state index < -0.39 is 23.7 Å². The molecule has 0 aliphatic carbocycles. The Bertz CT molecular complexity index is 1210. The van der Waals surface area contributed by atoms with Crippen molar-refractivity contribution < 1.29 is 33.7 Å². The lowest BCUT2D eigenvalue weighted by Crippen LogP contribution is -2.42. The van der Waals surface area contributed by atoms with Crippen LogP contribution < -0.4 is 4.74 Å². The molecule has 3 heterocycles. The number of ketones is 1. The molecule has 2 saturated heterocycles. The zero-order valence-electron chi connectivity index (χ0n) is 20.9. The number of hydrogen-bond donors (Lipinski definition) is 2. The largest absolute Gasteiger partial charge is 0.507 e. The second-order valence-electron chi connectivity index (χ2n) is 8.84. The standard InChI is InChI=1S/C26H31N3O7/c1-15-19(16(2)27-21(15)26(33)35-4)23(30)20-22(17-6-5-7-18(14-17)34-3)29(25(32)24(20)31)9-8-28-10-12-36-13-11-28/h5-7,14,22,27,30H,8-13H2,1-4H3/b23-20-. The third-order valence-electron chi connectivity index (χ3n) is 6.77. The molecule has 2 aromatic rings. The number of Topliss-reactive ketones (excluding diaryl/α,β-unsaturated/α-hetero) is 1. The summed E-state index contributed by atoms with van der Waals surface area (Å²) in [7, 11) is 2.80. The van der Waals surface area contributed by atoms with E-state index in [1.807, 2.05) is 0 Å². The summed E-state index contributed by atoms with van der Waals surface area (Å²) in [5, 5.41) is 11.5. The number of carbonyl (C=O) groups excluding carboxylic acids is 3. The Kier molecular flexibility index (Phi) is 7.46. The van der Waals surface area contributed by atoms with Crippen molar-refractivity contribution in [1.29, 1.82) is 0 Å². The predicted molar refractivity (Wildman–Crippen MR) is 131 cm³/mol. The first kappa shape index (κ1) is 25.5. The topological polar surface area (TPSA) is 121 Å². The minimum atomic E-state index is -0.823. The van der Waals surface area contributed by atoms with E-state index in [-0.39, 0.29) is 17.0 Å². The molecule has 0 bridgehead atoms. The third-order valence-corrected chi connectivity index (χ3v) is 6.77. The monoisotopic (exact) mass is 497 g/mol. The summed E-state index contributed by atoms with van der Waals surface area (Å²) in [6.07, 6.45) is 0. The van der Waals surface area contributed by atoms with Crippen molar-refractivity contribution in [2.75, 3.05) is 53.6 Å². The van der Waals surface area contributed by atoms with Crippen LogP contribution in [0.15, 0.2) is 29.8 Å². The van der Waals surface area contributed by atoms with Gasteiger partial charge in [-0.25, -0.2) is 4.79 Å². The van der Waals surface area contributed by atoms with Gasteiger partial charge in [0, 0.05) is 37.4 Å². The Hall–Kier alpha value is -3.63. The number of ether oxygens (including phenoxy) is 3. The first-order chi connectivity index (χ1) is 17.3. The van der Waals surface area contributed by atoms with Crippen molar-refractivity contribution in [3.8, 4) is 5.75 Å². The van der Waals surface area contributed by atoms with E-state index >= 15 is 0 Å². The van der Waals surface area contributed by atoms with Gasteiger partial charge in [0.15, 0.2) is 0 Å². The number of amides is 1. The summed E-state index contributed by atoms with van der Waals surface area (Å²) >= 11 is 0. The highest BCUT2D eigenvalue weighted by Crippen LogP contribution is 2.41. The lowest BCUT2D eigenvalue weighted by molar-refractivity contribution is -0.140. The Morgan fingerprint density at radius 1 is 1.17 bits per heavy atom. The van der Waals surface area contributed by atoms with Crippen molar-refractivity contribution in [2.45, 2.75) is 19.9 Å². The van der Waals surface area contributed by atoms with Crippen LogP contribution in [0.5, 0.6) is 5.75 Å². The van der Waals surface area contributed by atoms with Crippen molar-refractivity contribution in [1.82, 2.24) is 14.8 Å². The van der Waals surface area contributed by atoms with E-state index in [2.05, 4.69) is 9.88 Å². The van der Waals surface area contributed by atoms with Crippen LogP contribution in [0.4, 0.5) is 0 Å². The normalized spacial score (nSPS) is 20.1. The minimum Gasteiger partial charge on any atom is -0.507 e. The average Bonchev–Trinajstić information content (AvgIpc) is 3.34. The number of carbonyl (C=O) groups is 3. The molecule has 1 unspecified atom stereocenters. The second-order valence-corrected chi connectivity index (χ2v) is 8.84.